The van der Waals surface area contributed by atoms with Crippen molar-refractivity contribution in [1.82, 2.24) is 9.97 Å². The second kappa shape index (κ2) is 11.9. The van der Waals surface area contributed by atoms with E-state index in [1.54, 1.807) is 12.4 Å². The maximum Gasteiger partial charge on any atom is 0.138 e. The molecule has 4 nitrogen and oxygen atoms in total. The Labute approximate surface area is 232 Å². The first-order valence-corrected chi connectivity index (χ1v) is 13.2. The number of aliphatic imine (C=N–C) groups is 2. The van der Waals surface area contributed by atoms with Crippen LogP contribution in [0.15, 0.2) is 125 Å². The van der Waals surface area contributed by atoms with Crippen LogP contribution in [-0.4, -0.2) is 22.4 Å². The Morgan fingerprint density at radius 2 is 1.19 bits per heavy atom. The van der Waals surface area contributed by atoms with Gasteiger partial charge in [0.05, 0.1) is 22.4 Å². The van der Waals surface area contributed by atoms with Crippen LogP contribution < -0.4 is 0 Å². The highest BCUT2D eigenvalue weighted by atomic mass is 79.9. The first kappa shape index (κ1) is 24.8. The number of fused-ring (bicyclic) bond motifs is 1. The van der Waals surface area contributed by atoms with E-state index in [-0.39, 0.29) is 0 Å². The minimum absolute atomic E-state index is 0.810. The van der Waals surface area contributed by atoms with Gasteiger partial charge >= 0.3 is 0 Å². The first-order valence-electron chi connectivity index (χ1n) is 11.7. The van der Waals surface area contributed by atoms with Gasteiger partial charge in [0.1, 0.15) is 5.82 Å². The van der Waals surface area contributed by atoms with Crippen LogP contribution in [0.2, 0.25) is 0 Å². The lowest BCUT2D eigenvalue weighted by molar-refractivity contribution is 1.33. The summed E-state index contributed by atoms with van der Waals surface area (Å²) in [6, 6.07) is 34.2. The molecule has 4 aromatic carbocycles. The number of halogens is 2. The number of allylic oxidation sites excluding steroid dienone is 2. The van der Waals surface area contributed by atoms with Crippen molar-refractivity contribution in [2.45, 2.75) is 0 Å². The zero-order chi connectivity index (χ0) is 25.5. The number of imidazole rings is 1. The zero-order valence-electron chi connectivity index (χ0n) is 19.7. The van der Waals surface area contributed by atoms with Gasteiger partial charge in [-0.3, -0.25) is 9.98 Å². The monoisotopic (exact) mass is 608 g/mol. The summed E-state index contributed by atoms with van der Waals surface area (Å²) in [6.45, 7) is 0. The van der Waals surface area contributed by atoms with Gasteiger partial charge in [0.25, 0.3) is 0 Å². The summed E-state index contributed by atoms with van der Waals surface area (Å²) >= 11 is 7.20. The van der Waals surface area contributed by atoms with Crippen LogP contribution in [0.5, 0.6) is 0 Å². The molecule has 0 saturated heterocycles. The number of hydrogen-bond acceptors (Lipinski definition) is 3. The Morgan fingerprint density at radius 3 is 1.78 bits per heavy atom. The van der Waals surface area contributed by atoms with Gasteiger partial charge in [0.2, 0.25) is 0 Å². The van der Waals surface area contributed by atoms with E-state index in [1.807, 2.05) is 115 Å². The van der Waals surface area contributed by atoms with Crippen molar-refractivity contribution in [2.75, 3.05) is 0 Å². The van der Waals surface area contributed by atoms with E-state index in [4.69, 9.17) is 4.98 Å². The number of hydrogen-bond donors (Lipinski definition) is 1. The second-order valence-electron chi connectivity index (χ2n) is 8.15. The number of H-pyrrole nitrogens is 1. The van der Waals surface area contributed by atoms with E-state index >= 15 is 0 Å². The standard InChI is InChI=1S/C31H22Br2N4/c32-27(22-7-3-1-4-8-22)17-19-34-25-13-11-24(12-14-25)31-36-29-16-15-26(21-30(29)37-31)35-20-18-28(33)23-9-5-2-6-10-23/h1-21H,(H,36,37). The number of rotatable bonds is 7. The number of benzene rings is 4. The van der Waals surface area contributed by atoms with Gasteiger partial charge in [-0.25, -0.2) is 4.98 Å². The average Bonchev–Trinajstić information content (AvgIpc) is 3.38. The van der Waals surface area contributed by atoms with Crippen LogP contribution in [0.1, 0.15) is 11.1 Å². The van der Waals surface area contributed by atoms with Gasteiger partial charge in [-0.1, -0.05) is 92.5 Å². The molecule has 180 valence electrons. The maximum atomic E-state index is 4.74. The van der Waals surface area contributed by atoms with Gasteiger partial charge in [0.15, 0.2) is 0 Å². The molecule has 0 aliphatic heterocycles. The maximum absolute atomic E-state index is 4.74. The summed E-state index contributed by atoms with van der Waals surface area (Å²) in [5.74, 6) is 0.810. The molecule has 5 rings (SSSR count). The lowest BCUT2D eigenvalue weighted by Crippen LogP contribution is -1.79. The molecular formula is C31H22Br2N4. The van der Waals surface area contributed by atoms with Crippen LogP contribution in [0.25, 0.3) is 31.4 Å². The fourth-order valence-corrected chi connectivity index (χ4v) is 4.45. The summed E-state index contributed by atoms with van der Waals surface area (Å²) in [4.78, 5) is 17.3. The third-order valence-corrected chi connectivity index (χ3v) is 7.04. The predicted molar refractivity (Wildman–Crippen MR) is 165 cm³/mol. The predicted octanol–water partition coefficient (Wildman–Crippen LogP) is 9.51. The zero-order valence-corrected chi connectivity index (χ0v) is 22.9. The molecule has 1 heterocycles. The molecular weight excluding hydrogens is 588 g/mol. The van der Waals surface area contributed by atoms with Crippen molar-refractivity contribution in [2.24, 2.45) is 9.98 Å². The van der Waals surface area contributed by atoms with Crippen molar-refractivity contribution in [3.05, 3.63) is 126 Å². The molecule has 0 radical (unpaired) electrons. The lowest BCUT2D eigenvalue weighted by atomic mass is 10.2. The van der Waals surface area contributed by atoms with Crippen molar-refractivity contribution in [1.29, 1.82) is 0 Å². The van der Waals surface area contributed by atoms with Crippen molar-refractivity contribution >= 4 is 75.7 Å². The van der Waals surface area contributed by atoms with Gasteiger partial charge in [-0.15, -0.1) is 0 Å². The number of aromatic amines is 1. The Hall–Kier alpha value is -3.87. The van der Waals surface area contributed by atoms with Gasteiger partial charge < -0.3 is 4.98 Å². The van der Waals surface area contributed by atoms with Gasteiger partial charge in [0, 0.05) is 27.0 Å². The van der Waals surface area contributed by atoms with E-state index in [1.165, 1.54) is 0 Å². The summed E-state index contributed by atoms with van der Waals surface area (Å²) in [7, 11) is 0. The molecule has 0 fully saturated rings. The molecule has 1 N–H and O–H groups in total. The Bertz CT molecular complexity index is 1610. The summed E-state index contributed by atoms with van der Waals surface area (Å²) in [5.41, 5.74) is 6.77. The van der Waals surface area contributed by atoms with E-state index in [0.717, 1.165) is 53.9 Å². The van der Waals surface area contributed by atoms with Gasteiger partial charge in [-0.2, -0.15) is 0 Å². The second-order valence-corrected chi connectivity index (χ2v) is 9.86. The fourth-order valence-electron chi connectivity index (χ4n) is 3.68. The van der Waals surface area contributed by atoms with Crippen LogP contribution in [-0.2, 0) is 0 Å². The molecule has 0 aliphatic carbocycles. The summed E-state index contributed by atoms with van der Waals surface area (Å²) < 4.78 is 1.97. The minimum atomic E-state index is 0.810. The van der Waals surface area contributed by atoms with Crippen molar-refractivity contribution < 1.29 is 0 Å². The average molecular weight is 610 g/mol. The van der Waals surface area contributed by atoms with Crippen LogP contribution >= 0.6 is 31.9 Å². The minimum Gasteiger partial charge on any atom is -0.338 e. The molecule has 0 aliphatic rings. The van der Waals surface area contributed by atoms with E-state index in [2.05, 4.69) is 46.8 Å². The van der Waals surface area contributed by atoms with Gasteiger partial charge in [-0.05, 0) is 65.7 Å². The Kier molecular flexibility index (Phi) is 7.99. The van der Waals surface area contributed by atoms with Crippen molar-refractivity contribution in [3.8, 4) is 11.4 Å². The Morgan fingerprint density at radius 1 is 0.649 bits per heavy atom. The normalized spacial score (nSPS) is 12.7. The fraction of sp³-hybridized carbons (Fsp3) is 0. The molecule has 0 bridgehead atoms. The highest BCUT2D eigenvalue weighted by Gasteiger charge is 2.06. The van der Waals surface area contributed by atoms with E-state index < -0.39 is 0 Å². The van der Waals surface area contributed by atoms with Crippen LogP contribution in [0.4, 0.5) is 11.4 Å². The highest BCUT2D eigenvalue weighted by molar-refractivity contribution is 9.15. The lowest BCUT2D eigenvalue weighted by Gasteiger charge is -1.98. The largest absolute Gasteiger partial charge is 0.338 e. The van der Waals surface area contributed by atoms with E-state index in [9.17, 15) is 0 Å². The summed E-state index contributed by atoms with van der Waals surface area (Å²) in [6.07, 6.45) is 7.47. The van der Waals surface area contributed by atoms with Crippen LogP contribution in [0.3, 0.4) is 0 Å². The van der Waals surface area contributed by atoms with E-state index in [0.29, 0.717) is 0 Å². The molecule has 1 aromatic heterocycles. The molecule has 0 amide bonds. The topological polar surface area (TPSA) is 53.4 Å². The molecule has 5 aromatic rings. The Balaban J connectivity index is 1.27. The molecule has 0 unspecified atom stereocenters. The number of nitrogens with one attached hydrogen (secondary N) is 1. The number of aromatic nitrogens is 2. The van der Waals surface area contributed by atoms with Crippen molar-refractivity contribution in [3.63, 3.8) is 0 Å². The highest BCUT2D eigenvalue weighted by Crippen LogP contribution is 2.26. The summed E-state index contributed by atoms with van der Waals surface area (Å²) in [5, 5.41) is 0. The quantitative estimate of drug-likeness (QED) is 0.184. The third kappa shape index (κ3) is 6.47. The SMILES string of the molecule is BrC(=CC=Nc1ccc(-c2nc3ccc(N=CC=C(Br)c4ccccc4)cc3[nH]2)cc1)c1ccccc1. The third-order valence-electron chi connectivity index (χ3n) is 5.59. The molecule has 37 heavy (non-hydrogen) atoms. The molecule has 0 atom stereocenters. The molecule has 6 heteroatoms. The smallest absolute Gasteiger partial charge is 0.138 e. The van der Waals surface area contributed by atoms with Crippen LogP contribution in [0, 0.1) is 0 Å². The molecule has 0 spiro atoms. The first-order chi connectivity index (χ1) is 18.2. The number of nitrogens with zero attached hydrogens (tertiary/aromatic N) is 3. The molecule has 0 saturated carbocycles.